The minimum absolute atomic E-state index is 0.212. The van der Waals surface area contributed by atoms with Gasteiger partial charge in [-0.2, -0.15) is 4.31 Å². The minimum atomic E-state index is -3.33. The Morgan fingerprint density at radius 3 is 1.67 bits per heavy atom. The minimum Gasteiger partial charge on any atom is -0.497 e. The molecule has 0 aromatic heterocycles. The van der Waals surface area contributed by atoms with Crippen molar-refractivity contribution in [3.8, 4) is 11.5 Å². The van der Waals surface area contributed by atoms with Gasteiger partial charge in [-0.1, -0.05) is 37.1 Å². The van der Waals surface area contributed by atoms with Crippen molar-refractivity contribution in [1.82, 2.24) is 4.31 Å². The van der Waals surface area contributed by atoms with Crippen molar-refractivity contribution in [3.63, 3.8) is 0 Å². The predicted molar refractivity (Wildman–Crippen MR) is 106 cm³/mol. The Hall–Kier alpha value is -2.05. The van der Waals surface area contributed by atoms with Gasteiger partial charge >= 0.3 is 0 Å². The van der Waals surface area contributed by atoms with Gasteiger partial charge in [0.15, 0.2) is 0 Å². The van der Waals surface area contributed by atoms with Crippen molar-refractivity contribution in [2.75, 3.05) is 20.0 Å². The van der Waals surface area contributed by atoms with Gasteiger partial charge in [0.1, 0.15) is 11.5 Å². The summed E-state index contributed by atoms with van der Waals surface area (Å²) < 4.78 is 37.9. The smallest absolute Gasteiger partial charge is 0.214 e. The summed E-state index contributed by atoms with van der Waals surface area (Å²) >= 11 is 0. The lowest BCUT2D eigenvalue weighted by Crippen LogP contribution is -2.32. The van der Waals surface area contributed by atoms with E-state index in [0.29, 0.717) is 19.0 Å². The average Bonchev–Trinajstić information content (AvgIpc) is 3.52. The molecule has 0 bridgehead atoms. The van der Waals surface area contributed by atoms with Crippen molar-refractivity contribution < 1.29 is 17.9 Å². The van der Waals surface area contributed by atoms with Crippen molar-refractivity contribution in [2.45, 2.75) is 32.4 Å². The van der Waals surface area contributed by atoms with Gasteiger partial charge in [-0.05, 0) is 47.7 Å². The maximum Gasteiger partial charge on any atom is 0.214 e. The molecule has 6 heteroatoms. The Morgan fingerprint density at radius 2 is 1.30 bits per heavy atom. The van der Waals surface area contributed by atoms with Crippen LogP contribution in [0.4, 0.5) is 0 Å². The number of methoxy groups -OCH3 is 2. The predicted octanol–water partition coefficient (Wildman–Crippen LogP) is 3.84. The highest BCUT2D eigenvalue weighted by molar-refractivity contribution is 7.89. The fourth-order valence-electron chi connectivity index (χ4n) is 2.97. The van der Waals surface area contributed by atoms with Crippen LogP contribution in [0, 0.1) is 5.92 Å². The second-order valence-corrected chi connectivity index (χ2v) is 9.10. The number of hydrogen-bond donors (Lipinski definition) is 0. The third-order valence-corrected chi connectivity index (χ3v) is 6.71. The third-order valence-electron chi connectivity index (χ3n) is 4.91. The molecule has 0 N–H and O–H groups in total. The van der Waals surface area contributed by atoms with Gasteiger partial charge in [0.25, 0.3) is 0 Å². The Balaban J connectivity index is 1.77. The van der Waals surface area contributed by atoms with E-state index in [2.05, 4.69) is 0 Å². The summed E-state index contributed by atoms with van der Waals surface area (Å²) in [5, 5.41) is 0. The zero-order valence-electron chi connectivity index (χ0n) is 15.9. The van der Waals surface area contributed by atoms with Gasteiger partial charge in [-0.3, -0.25) is 0 Å². The average molecular weight is 390 g/mol. The summed E-state index contributed by atoms with van der Waals surface area (Å²) in [7, 11) is -0.0976. The summed E-state index contributed by atoms with van der Waals surface area (Å²) in [5.74, 6) is 2.32. The Morgan fingerprint density at radius 1 is 0.852 bits per heavy atom. The van der Waals surface area contributed by atoms with Crippen LogP contribution < -0.4 is 9.47 Å². The molecule has 1 aliphatic rings. The van der Waals surface area contributed by atoms with E-state index in [9.17, 15) is 8.42 Å². The largest absolute Gasteiger partial charge is 0.497 e. The van der Waals surface area contributed by atoms with E-state index in [0.717, 1.165) is 41.9 Å². The zero-order chi connectivity index (χ0) is 19.3. The molecule has 1 fully saturated rings. The molecule has 146 valence electrons. The number of hydrogen-bond acceptors (Lipinski definition) is 4. The first kappa shape index (κ1) is 19.7. The Bertz CT molecular complexity index is 778. The highest BCUT2D eigenvalue weighted by Crippen LogP contribution is 2.33. The summed E-state index contributed by atoms with van der Waals surface area (Å²) in [6.45, 7) is 0.700. The van der Waals surface area contributed by atoms with Crippen molar-refractivity contribution >= 4 is 10.0 Å². The van der Waals surface area contributed by atoms with E-state index < -0.39 is 10.0 Å². The SMILES string of the molecule is COc1ccc(CN(Cc2ccc(OC)cc2)S(=O)(=O)CCC2CC2)cc1. The van der Waals surface area contributed by atoms with Crippen LogP contribution in [0.15, 0.2) is 48.5 Å². The van der Waals surface area contributed by atoms with Crippen LogP contribution in [-0.4, -0.2) is 32.7 Å². The highest BCUT2D eigenvalue weighted by atomic mass is 32.2. The highest BCUT2D eigenvalue weighted by Gasteiger charge is 2.28. The topological polar surface area (TPSA) is 55.8 Å². The Labute approximate surface area is 162 Å². The lowest BCUT2D eigenvalue weighted by molar-refractivity contribution is 0.396. The molecule has 0 aliphatic heterocycles. The van der Waals surface area contributed by atoms with Crippen LogP contribution in [0.1, 0.15) is 30.4 Å². The quantitative estimate of drug-likeness (QED) is 0.620. The summed E-state index contributed by atoms with van der Waals surface area (Å²) in [6.07, 6.45) is 3.07. The molecule has 0 amide bonds. The van der Waals surface area contributed by atoms with E-state index in [4.69, 9.17) is 9.47 Å². The molecular formula is C21H27NO4S. The molecule has 0 unspecified atom stereocenters. The lowest BCUT2D eigenvalue weighted by Gasteiger charge is -2.23. The zero-order valence-corrected chi connectivity index (χ0v) is 16.7. The summed E-state index contributed by atoms with van der Waals surface area (Å²) in [5.41, 5.74) is 1.89. The van der Waals surface area contributed by atoms with Gasteiger partial charge in [0.2, 0.25) is 10.0 Å². The molecule has 0 spiro atoms. The van der Waals surface area contributed by atoms with E-state index in [1.54, 1.807) is 18.5 Å². The number of nitrogens with zero attached hydrogens (tertiary/aromatic N) is 1. The first-order chi connectivity index (χ1) is 13.0. The van der Waals surface area contributed by atoms with Crippen molar-refractivity contribution in [1.29, 1.82) is 0 Å². The van der Waals surface area contributed by atoms with Crippen LogP contribution in [0.3, 0.4) is 0 Å². The maximum atomic E-state index is 13.0. The van der Waals surface area contributed by atoms with Gasteiger partial charge in [0.05, 0.1) is 20.0 Å². The van der Waals surface area contributed by atoms with Crippen LogP contribution in [-0.2, 0) is 23.1 Å². The third kappa shape index (κ3) is 5.71. The molecule has 2 aromatic rings. The van der Waals surface area contributed by atoms with Gasteiger partial charge < -0.3 is 9.47 Å². The lowest BCUT2D eigenvalue weighted by atomic mass is 10.2. The molecule has 0 saturated heterocycles. The van der Waals surface area contributed by atoms with E-state index in [1.807, 2.05) is 48.5 Å². The van der Waals surface area contributed by atoms with E-state index in [-0.39, 0.29) is 5.75 Å². The summed E-state index contributed by atoms with van der Waals surface area (Å²) in [6, 6.07) is 15.1. The number of ether oxygens (including phenoxy) is 2. The first-order valence-corrected chi connectivity index (χ1v) is 10.8. The van der Waals surface area contributed by atoms with Crippen LogP contribution in [0.2, 0.25) is 0 Å². The first-order valence-electron chi connectivity index (χ1n) is 9.24. The number of sulfonamides is 1. The monoisotopic (exact) mass is 389 g/mol. The fraction of sp³-hybridized carbons (Fsp3) is 0.429. The summed E-state index contributed by atoms with van der Waals surface area (Å²) in [4.78, 5) is 0. The molecule has 0 radical (unpaired) electrons. The van der Waals surface area contributed by atoms with Crippen LogP contribution >= 0.6 is 0 Å². The number of benzene rings is 2. The van der Waals surface area contributed by atoms with Crippen molar-refractivity contribution in [3.05, 3.63) is 59.7 Å². The molecule has 1 saturated carbocycles. The van der Waals surface area contributed by atoms with Crippen molar-refractivity contribution in [2.24, 2.45) is 5.92 Å². The van der Waals surface area contributed by atoms with Gasteiger partial charge in [-0.15, -0.1) is 0 Å². The molecule has 2 aromatic carbocycles. The van der Waals surface area contributed by atoms with Gasteiger partial charge in [0, 0.05) is 13.1 Å². The van der Waals surface area contributed by atoms with Gasteiger partial charge in [-0.25, -0.2) is 8.42 Å². The Kier molecular flexibility index (Phi) is 6.39. The molecule has 5 nitrogen and oxygen atoms in total. The molecule has 3 rings (SSSR count). The fourth-order valence-corrected chi connectivity index (χ4v) is 4.55. The number of rotatable bonds is 10. The van der Waals surface area contributed by atoms with E-state index >= 15 is 0 Å². The van der Waals surface area contributed by atoms with Crippen LogP contribution in [0.25, 0.3) is 0 Å². The molecular weight excluding hydrogens is 362 g/mol. The molecule has 0 atom stereocenters. The standard InChI is InChI=1S/C21H27NO4S/c1-25-20-9-5-18(6-10-20)15-22(27(23,24)14-13-17-3-4-17)16-19-7-11-21(26-2)12-8-19/h5-12,17H,3-4,13-16H2,1-2H3. The molecule has 0 heterocycles. The maximum absolute atomic E-state index is 13.0. The second kappa shape index (κ2) is 8.76. The van der Waals surface area contributed by atoms with Crippen LogP contribution in [0.5, 0.6) is 11.5 Å². The second-order valence-electron chi connectivity index (χ2n) is 7.01. The normalized spacial score (nSPS) is 14.3. The van der Waals surface area contributed by atoms with E-state index in [1.165, 1.54) is 0 Å². The molecule has 27 heavy (non-hydrogen) atoms. The molecule has 1 aliphatic carbocycles.